The van der Waals surface area contributed by atoms with Crippen molar-refractivity contribution in [1.82, 2.24) is 5.48 Å². The van der Waals surface area contributed by atoms with Gasteiger partial charge in [-0.05, 0) is 11.6 Å². The Labute approximate surface area is 80.5 Å². The largest absolute Gasteiger partial charge is 0.366 e. The highest BCUT2D eigenvalue weighted by molar-refractivity contribution is 5.95. The van der Waals surface area contributed by atoms with Crippen LogP contribution in [0.2, 0.25) is 0 Å². The van der Waals surface area contributed by atoms with Crippen molar-refractivity contribution < 1.29 is 14.8 Å². The minimum absolute atomic E-state index is 0.0738. The lowest BCUT2D eigenvalue weighted by Crippen LogP contribution is -2.23. The van der Waals surface area contributed by atoms with Gasteiger partial charge in [0.05, 0.1) is 6.42 Å². The highest BCUT2D eigenvalue weighted by Gasteiger charge is 2.09. The Kier molecular flexibility index (Phi) is 3.19. The summed E-state index contributed by atoms with van der Waals surface area (Å²) in [6.07, 6.45) is -0.0738. The van der Waals surface area contributed by atoms with Crippen LogP contribution < -0.4 is 11.2 Å². The van der Waals surface area contributed by atoms with E-state index in [0.717, 1.165) is 0 Å². The van der Waals surface area contributed by atoms with Crippen molar-refractivity contribution in [2.45, 2.75) is 6.42 Å². The van der Waals surface area contributed by atoms with Gasteiger partial charge in [-0.1, -0.05) is 18.2 Å². The highest BCUT2D eigenvalue weighted by Crippen LogP contribution is 2.08. The lowest BCUT2D eigenvalue weighted by atomic mass is 10.0. The Balaban J connectivity index is 2.95. The third-order valence-corrected chi connectivity index (χ3v) is 1.76. The lowest BCUT2D eigenvalue weighted by molar-refractivity contribution is -0.128. The zero-order valence-corrected chi connectivity index (χ0v) is 7.36. The Bertz CT molecular complexity index is 363. The normalized spacial score (nSPS) is 9.50. The predicted octanol–water partition coefficient (Wildman–Crippen LogP) is -0.167. The molecule has 0 saturated carbocycles. The van der Waals surface area contributed by atoms with E-state index in [-0.39, 0.29) is 12.0 Å². The second-order valence-electron chi connectivity index (χ2n) is 2.73. The van der Waals surface area contributed by atoms with Gasteiger partial charge >= 0.3 is 0 Å². The minimum Gasteiger partial charge on any atom is -0.366 e. The summed E-state index contributed by atoms with van der Waals surface area (Å²) in [4.78, 5) is 21.8. The molecule has 1 aromatic carbocycles. The number of benzene rings is 1. The first-order chi connectivity index (χ1) is 6.65. The van der Waals surface area contributed by atoms with E-state index >= 15 is 0 Å². The second-order valence-corrected chi connectivity index (χ2v) is 2.73. The van der Waals surface area contributed by atoms with Gasteiger partial charge in [-0.15, -0.1) is 0 Å². The molecule has 74 valence electrons. The molecule has 1 rings (SSSR count). The van der Waals surface area contributed by atoms with Gasteiger partial charge in [-0.3, -0.25) is 14.8 Å². The molecule has 0 spiro atoms. The van der Waals surface area contributed by atoms with E-state index in [1.807, 2.05) is 0 Å². The van der Waals surface area contributed by atoms with E-state index in [1.54, 1.807) is 18.2 Å². The SMILES string of the molecule is NC(=O)c1ccccc1CC(=O)NO. The van der Waals surface area contributed by atoms with E-state index in [2.05, 4.69) is 0 Å². The highest BCUT2D eigenvalue weighted by atomic mass is 16.5. The quantitative estimate of drug-likeness (QED) is 0.461. The number of primary amides is 1. The minimum atomic E-state index is -0.591. The molecular weight excluding hydrogens is 184 g/mol. The van der Waals surface area contributed by atoms with E-state index in [0.29, 0.717) is 5.56 Å². The third kappa shape index (κ3) is 2.30. The van der Waals surface area contributed by atoms with E-state index in [1.165, 1.54) is 11.5 Å². The molecule has 0 aromatic heterocycles. The van der Waals surface area contributed by atoms with Gasteiger partial charge in [0.2, 0.25) is 11.8 Å². The van der Waals surface area contributed by atoms with Gasteiger partial charge in [0.15, 0.2) is 0 Å². The Morgan fingerprint density at radius 1 is 1.36 bits per heavy atom. The number of rotatable bonds is 3. The van der Waals surface area contributed by atoms with Gasteiger partial charge in [0.25, 0.3) is 0 Å². The number of amides is 2. The second kappa shape index (κ2) is 4.38. The number of hydrogen-bond donors (Lipinski definition) is 3. The Hall–Kier alpha value is -1.88. The third-order valence-electron chi connectivity index (χ3n) is 1.76. The Morgan fingerprint density at radius 3 is 2.57 bits per heavy atom. The maximum atomic E-state index is 10.9. The van der Waals surface area contributed by atoms with Gasteiger partial charge in [0, 0.05) is 5.56 Å². The van der Waals surface area contributed by atoms with Crippen LogP contribution in [0.3, 0.4) is 0 Å². The first-order valence-corrected chi connectivity index (χ1v) is 3.95. The fourth-order valence-electron chi connectivity index (χ4n) is 1.13. The molecule has 5 nitrogen and oxygen atoms in total. The Morgan fingerprint density at radius 2 is 2.00 bits per heavy atom. The van der Waals surface area contributed by atoms with Crippen molar-refractivity contribution >= 4 is 11.8 Å². The molecule has 0 aliphatic rings. The lowest BCUT2D eigenvalue weighted by Gasteiger charge is -2.04. The summed E-state index contributed by atoms with van der Waals surface area (Å²) >= 11 is 0. The van der Waals surface area contributed by atoms with Crippen LogP contribution in [0.4, 0.5) is 0 Å². The van der Waals surface area contributed by atoms with Crippen LogP contribution in [0.5, 0.6) is 0 Å². The van der Waals surface area contributed by atoms with E-state index in [4.69, 9.17) is 10.9 Å². The van der Waals surface area contributed by atoms with Crippen LogP contribution in [-0.4, -0.2) is 17.0 Å². The molecule has 0 saturated heterocycles. The molecule has 0 atom stereocenters. The zero-order valence-electron chi connectivity index (χ0n) is 7.36. The van der Waals surface area contributed by atoms with Crippen LogP contribution in [-0.2, 0) is 11.2 Å². The maximum absolute atomic E-state index is 10.9. The number of carbonyl (C=O) groups excluding carboxylic acids is 2. The summed E-state index contributed by atoms with van der Waals surface area (Å²) in [7, 11) is 0. The van der Waals surface area contributed by atoms with Crippen molar-refractivity contribution in [3.8, 4) is 0 Å². The van der Waals surface area contributed by atoms with Crippen molar-refractivity contribution in [2.75, 3.05) is 0 Å². The molecule has 4 N–H and O–H groups in total. The molecule has 0 aliphatic heterocycles. The van der Waals surface area contributed by atoms with Gasteiger partial charge < -0.3 is 5.73 Å². The summed E-state index contributed by atoms with van der Waals surface area (Å²) in [5.74, 6) is -1.18. The van der Waals surface area contributed by atoms with Crippen molar-refractivity contribution in [2.24, 2.45) is 5.73 Å². The summed E-state index contributed by atoms with van der Waals surface area (Å²) in [6.45, 7) is 0. The summed E-state index contributed by atoms with van der Waals surface area (Å²) in [5, 5.41) is 8.31. The molecule has 0 heterocycles. The first kappa shape index (κ1) is 10.2. The summed E-state index contributed by atoms with van der Waals surface area (Å²) in [6, 6.07) is 6.48. The number of nitrogens with two attached hydrogens (primary N) is 1. The molecule has 5 heteroatoms. The fraction of sp³-hybridized carbons (Fsp3) is 0.111. The van der Waals surface area contributed by atoms with E-state index < -0.39 is 11.8 Å². The van der Waals surface area contributed by atoms with Gasteiger partial charge in [0.1, 0.15) is 0 Å². The molecule has 1 aromatic rings. The summed E-state index contributed by atoms with van der Waals surface area (Å²) < 4.78 is 0. The molecular formula is C9H10N2O3. The standard InChI is InChI=1S/C9H10N2O3/c10-9(13)7-4-2-1-3-6(7)5-8(12)11-14/h1-4,14H,5H2,(H2,10,13)(H,11,12). The molecule has 0 radical (unpaired) electrons. The monoisotopic (exact) mass is 194 g/mol. The smallest absolute Gasteiger partial charge is 0.248 e. The fourth-order valence-corrected chi connectivity index (χ4v) is 1.13. The molecule has 2 amide bonds. The van der Waals surface area contributed by atoms with Gasteiger partial charge in [-0.2, -0.15) is 0 Å². The maximum Gasteiger partial charge on any atom is 0.248 e. The molecule has 14 heavy (non-hydrogen) atoms. The number of carbonyl (C=O) groups is 2. The van der Waals surface area contributed by atoms with Crippen LogP contribution in [0.1, 0.15) is 15.9 Å². The van der Waals surface area contributed by atoms with Crippen LogP contribution >= 0.6 is 0 Å². The molecule has 0 aliphatic carbocycles. The van der Waals surface area contributed by atoms with Crippen molar-refractivity contribution in [1.29, 1.82) is 0 Å². The van der Waals surface area contributed by atoms with Crippen LogP contribution in [0.25, 0.3) is 0 Å². The van der Waals surface area contributed by atoms with Crippen molar-refractivity contribution in [3.05, 3.63) is 35.4 Å². The van der Waals surface area contributed by atoms with Crippen LogP contribution in [0, 0.1) is 0 Å². The average Bonchev–Trinajstić information content (AvgIpc) is 2.18. The number of nitrogens with one attached hydrogen (secondary N) is 1. The van der Waals surface area contributed by atoms with Gasteiger partial charge in [-0.25, -0.2) is 5.48 Å². The summed E-state index contributed by atoms with van der Waals surface area (Å²) in [5.41, 5.74) is 7.37. The average molecular weight is 194 g/mol. The first-order valence-electron chi connectivity index (χ1n) is 3.95. The zero-order chi connectivity index (χ0) is 10.6. The van der Waals surface area contributed by atoms with Crippen molar-refractivity contribution in [3.63, 3.8) is 0 Å². The predicted molar refractivity (Wildman–Crippen MR) is 48.6 cm³/mol. The van der Waals surface area contributed by atoms with E-state index in [9.17, 15) is 9.59 Å². The molecule has 0 unspecified atom stereocenters. The van der Waals surface area contributed by atoms with Crippen LogP contribution in [0.15, 0.2) is 24.3 Å². The number of hydroxylamine groups is 1. The number of hydrogen-bond acceptors (Lipinski definition) is 3. The topological polar surface area (TPSA) is 92.4 Å². The molecule has 0 bridgehead atoms. The molecule has 0 fully saturated rings.